The number of phenolic OH excluding ortho intramolecular Hbond substituents is 1. The van der Waals surface area contributed by atoms with Crippen LogP contribution in [0.4, 0.5) is 0 Å². The molecular weight excluding hydrogens is 444 g/mol. The highest BCUT2D eigenvalue weighted by Gasteiger charge is 2.21. The van der Waals surface area contributed by atoms with E-state index in [1.807, 2.05) is 0 Å². The molecule has 0 spiro atoms. The lowest BCUT2D eigenvalue weighted by Gasteiger charge is -2.35. The number of aromatic hydroxyl groups is 1. The molecule has 0 radical (unpaired) electrons. The minimum Gasteiger partial charge on any atom is -0.507 e. The fourth-order valence-corrected chi connectivity index (χ4v) is 6.91. The number of phenols is 1. The van der Waals surface area contributed by atoms with Gasteiger partial charge >= 0.3 is 0 Å². The molecule has 5 nitrogen and oxygen atoms in total. The summed E-state index contributed by atoms with van der Waals surface area (Å²) in [5.41, 5.74) is 3.29. The van der Waals surface area contributed by atoms with Crippen LogP contribution in [0.1, 0.15) is 25.0 Å². The topological polar surface area (TPSA) is 33.2 Å². The summed E-state index contributed by atoms with van der Waals surface area (Å²) in [6, 6.07) is 6.48. The number of likely N-dealkylation sites (N-methyl/N-ethyl adjacent to an activating group) is 2. The van der Waals surface area contributed by atoms with E-state index < -0.39 is 0 Å². The monoisotopic (exact) mass is 478 g/mol. The maximum absolute atomic E-state index is 11.2. The van der Waals surface area contributed by atoms with Crippen molar-refractivity contribution in [1.29, 1.82) is 0 Å². The Kier molecular flexibility index (Phi) is 8.14. The molecule has 0 unspecified atom stereocenters. The van der Waals surface area contributed by atoms with E-state index in [4.69, 9.17) is 12.2 Å². The van der Waals surface area contributed by atoms with Gasteiger partial charge in [-0.3, -0.25) is 9.80 Å². The first-order valence-corrected chi connectivity index (χ1v) is 14.0. The third-order valence-corrected chi connectivity index (χ3v) is 9.54. The molecule has 2 fully saturated rings. The van der Waals surface area contributed by atoms with Gasteiger partial charge in [-0.25, -0.2) is 0 Å². The summed E-state index contributed by atoms with van der Waals surface area (Å²) in [5, 5.41) is 11.2. The summed E-state index contributed by atoms with van der Waals surface area (Å²) in [4.78, 5) is 11.1. The lowest BCUT2D eigenvalue weighted by molar-refractivity contribution is 0.128. The summed E-state index contributed by atoms with van der Waals surface area (Å²) in [6.07, 6.45) is 0. The third kappa shape index (κ3) is 5.93. The van der Waals surface area contributed by atoms with Gasteiger partial charge in [0, 0.05) is 81.5 Å². The molecule has 4 rings (SSSR count). The fraction of sp³-hybridized carbons (Fsp3) is 0.609. The quantitative estimate of drug-likeness (QED) is 0.475. The van der Waals surface area contributed by atoms with Crippen LogP contribution in [0.25, 0.3) is 10.4 Å². The number of benzene rings is 1. The third-order valence-electron chi connectivity index (χ3n) is 6.63. The zero-order valence-electron chi connectivity index (χ0n) is 18.7. The Morgan fingerprint density at radius 2 is 1.19 bits per heavy atom. The smallest absolute Gasteiger partial charge is 0.124 e. The standard InChI is InChI=1S/C23H34N4OS3/c1-3-24-5-9-26(10-6-24)16-19-13-18(21-15-22(29)31-30-21)14-20(23(19)28)17-27-11-7-25(4-2)8-12-27/h13-15,28H,3-12,16-17H2,1-2H3. The van der Waals surface area contributed by atoms with Crippen molar-refractivity contribution in [2.24, 2.45) is 0 Å². The van der Waals surface area contributed by atoms with E-state index in [2.05, 4.69) is 51.6 Å². The molecule has 0 amide bonds. The van der Waals surface area contributed by atoms with Crippen LogP contribution in [-0.2, 0) is 13.1 Å². The highest BCUT2D eigenvalue weighted by atomic mass is 32.9. The Balaban J connectivity index is 1.56. The Morgan fingerprint density at radius 1 is 0.742 bits per heavy atom. The summed E-state index contributed by atoms with van der Waals surface area (Å²) in [7, 11) is 3.39. The Labute approximate surface area is 198 Å². The number of rotatable bonds is 7. The normalized spacial score (nSPS) is 19.8. The molecule has 2 aliphatic rings. The molecule has 170 valence electrons. The fourth-order valence-electron chi connectivity index (χ4n) is 4.52. The highest BCUT2D eigenvalue weighted by molar-refractivity contribution is 7.80. The van der Waals surface area contributed by atoms with Gasteiger partial charge in [0.1, 0.15) is 9.57 Å². The van der Waals surface area contributed by atoms with Gasteiger partial charge in [0.05, 0.1) is 0 Å². The van der Waals surface area contributed by atoms with Gasteiger partial charge in [0.2, 0.25) is 0 Å². The lowest BCUT2D eigenvalue weighted by Crippen LogP contribution is -2.45. The molecule has 1 aromatic carbocycles. The van der Waals surface area contributed by atoms with Crippen molar-refractivity contribution in [2.75, 3.05) is 65.4 Å². The van der Waals surface area contributed by atoms with E-state index in [0.29, 0.717) is 5.75 Å². The predicted molar refractivity (Wildman–Crippen MR) is 135 cm³/mol. The number of nitrogens with zero attached hydrogens (tertiary/aromatic N) is 4. The molecule has 1 aromatic heterocycles. The molecular formula is C23H34N4OS3. The molecule has 31 heavy (non-hydrogen) atoms. The zero-order chi connectivity index (χ0) is 21.8. The number of piperazine rings is 2. The summed E-state index contributed by atoms with van der Waals surface area (Å²) >= 11 is 5.38. The maximum atomic E-state index is 11.2. The van der Waals surface area contributed by atoms with Crippen LogP contribution in [0.3, 0.4) is 0 Å². The summed E-state index contributed by atoms with van der Waals surface area (Å²) in [6.45, 7) is 17.0. The van der Waals surface area contributed by atoms with Crippen LogP contribution >= 0.6 is 32.9 Å². The van der Waals surface area contributed by atoms with Crippen molar-refractivity contribution in [3.05, 3.63) is 33.1 Å². The highest BCUT2D eigenvalue weighted by Crippen LogP contribution is 2.36. The molecule has 0 bridgehead atoms. The zero-order valence-corrected chi connectivity index (χ0v) is 21.1. The molecule has 3 heterocycles. The Bertz CT molecular complexity index is 865. The van der Waals surface area contributed by atoms with E-state index >= 15 is 0 Å². The van der Waals surface area contributed by atoms with E-state index in [0.717, 1.165) is 93.5 Å². The van der Waals surface area contributed by atoms with Gasteiger partial charge in [-0.05, 0) is 36.9 Å². The van der Waals surface area contributed by atoms with Crippen LogP contribution in [0.5, 0.6) is 5.75 Å². The number of hydrogen-bond acceptors (Lipinski definition) is 8. The second kappa shape index (κ2) is 10.8. The molecule has 0 aliphatic carbocycles. The van der Waals surface area contributed by atoms with Gasteiger partial charge < -0.3 is 14.9 Å². The van der Waals surface area contributed by atoms with Crippen molar-refractivity contribution >= 4 is 32.9 Å². The SMILES string of the molecule is CCN1CCN(Cc2cc(-c3cc(=S)ss3)cc(CN3CCN(CC)CC3)c2O)CC1. The van der Waals surface area contributed by atoms with Crippen molar-refractivity contribution in [2.45, 2.75) is 26.9 Å². The van der Waals surface area contributed by atoms with Gasteiger partial charge in [-0.15, -0.1) is 0 Å². The van der Waals surface area contributed by atoms with Crippen molar-refractivity contribution < 1.29 is 5.11 Å². The van der Waals surface area contributed by atoms with Gasteiger partial charge in [0.25, 0.3) is 0 Å². The largest absolute Gasteiger partial charge is 0.507 e. The minimum absolute atomic E-state index is 0.485. The van der Waals surface area contributed by atoms with Crippen LogP contribution in [0.2, 0.25) is 0 Å². The van der Waals surface area contributed by atoms with Crippen LogP contribution in [0.15, 0.2) is 18.2 Å². The maximum Gasteiger partial charge on any atom is 0.124 e. The van der Waals surface area contributed by atoms with Gasteiger partial charge in [-0.2, -0.15) is 0 Å². The molecule has 2 aromatic rings. The first-order valence-electron chi connectivity index (χ1n) is 11.4. The minimum atomic E-state index is 0.485. The molecule has 2 aliphatic heterocycles. The van der Waals surface area contributed by atoms with Crippen LogP contribution in [0, 0.1) is 3.82 Å². The second-order valence-electron chi connectivity index (χ2n) is 8.56. The molecule has 0 atom stereocenters. The average Bonchev–Trinajstić information content (AvgIpc) is 3.23. The first-order chi connectivity index (χ1) is 15.1. The van der Waals surface area contributed by atoms with E-state index in [1.54, 1.807) is 20.7 Å². The molecule has 2 saturated heterocycles. The molecule has 8 heteroatoms. The molecule has 0 saturated carbocycles. The predicted octanol–water partition coefficient (Wildman–Crippen LogP) is 4.19. The number of hydrogen-bond donors (Lipinski definition) is 1. The molecule has 1 N–H and O–H groups in total. The van der Waals surface area contributed by atoms with Crippen LogP contribution in [-0.4, -0.2) is 90.2 Å². The Hall–Kier alpha value is -0.870. The second-order valence-corrected chi connectivity index (χ2v) is 11.5. The average molecular weight is 479 g/mol. The lowest BCUT2D eigenvalue weighted by atomic mass is 10.0. The van der Waals surface area contributed by atoms with Gasteiger partial charge in [0.15, 0.2) is 0 Å². The first kappa shape index (κ1) is 23.3. The van der Waals surface area contributed by atoms with E-state index in [-0.39, 0.29) is 0 Å². The Morgan fingerprint density at radius 3 is 1.58 bits per heavy atom. The van der Waals surface area contributed by atoms with Crippen molar-refractivity contribution in [3.8, 4) is 16.2 Å². The summed E-state index contributed by atoms with van der Waals surface area (Å²) < 4.78 is 0.933. The van der Waals surface area contributed by atoms with Crippen LogP contribution < -0.4 is 0 Å². The van der Waals surface area contributed by atoms with E-state index in [9.17, 15) is 5.11 Å². The summed E-state index contributed by atoms with van der Waals surface area (Å²) in [5.74, 6) is 0.485. The van der Waals surface area contributed by atoms with Crippen molar-refractivity contribution in [1.82, 2.24) is 19.6 Å². The van der Waals surface area contributed by atoms with Crippen molar-refractivity contribution in [3.63, 3.8) is 0 Å². The van der Waals surface area contributed by atoms with Gasteiger partial charge in [-0.1, -0.05) is 46.7 Å². The van der Waals surface area contributed by atoms with E-state index in [1.165, 1.54) is 10.4 Å².